The molecule has 0 unspecified atom stereocenters. The maximum atomic E-state index is 12.8. The van der Waals surface area contributed by atoms with Gasteiger partial charge in [0.1, 0.15) is 23.7 Å². The minimum absolute atomic E-state index is 0.0695. The molecule has 198 valence electrons. The van der Waals surface area contributed by atoms with Gasteiger partial charge in [0, 0.05) is 41.7 Å². The van der Waals surface area contributed by atoms with E-state index >= 15 is 0 Å². The fourth-order valence-electron chi connectivity index (χ4n) is 5.18. The van der Waals surface area contributed by atoms with Crippen LogP contribution in [-0.2, 0) is 27.3 Å². The first-order valence-electron chi connectivity index (χ1n) is 12.7. The molecule has 4 atom stereocenters. The van der Waals surface area contributed by atoms with Gasteiger partial charge in [-0.05, 0) is 48.4 Å². The minimum atomic E-state index is -0.558. The number of hydrogen-bond acceptors (Lipinski definition) is 7. The van der Waals surface area contributed by atoms with E-state index in [1.807, 2.05) is 48.5 Å². The summed E-state index contributed by atoms with van der Waals surface area (Å²) in [5.41, 5.74) is 3.38. The Bertz CT molecular complexity index is 1280. The van der Waals surface area contributed by atoms with Gasteiger partial charge >= 0.3 is 0 Å². The van der Waals surface area contributed by atoms with Crippen LogP contribution in [0.2, 0.25) is 0 Å². The van der Waals surface area contributed by atoms with Crippen molar-refractivity contribution in [1.29, 1.82) is 0 Å². The van der Waals surface area contributed by atoms with Crippen LogP contribution >= 0.6 is 0 Å². The molecule has 1 saturated heterocycles. The minimum Gasteiger partial charge on any atom is -0.496 e. The van der Waals surface area contributed by atoms with Crippen molar-refractivity contribution in [3.8, 4) is 11.5 Å². The number of methoxy groups -OCH3 is 1. The number of hydrogen-bond donors (Lipinski definition) is 3. The lowest BCUT2D eigenvalue weighted by Crippen LogP contribution is -2.47. The third-order valence-corrected chi connectivity index (χ3v) is 6.98. The van der Waals surface area contributed by atoms with Gasteiger partial charge in [-0.15, -0.1) is 0 Å². The van der Waals surface area contributed by atoms with Crippen molar-refractivity contribution in [1.82, 2.24) is 10.3 Å². The summed E-state index contributed by atoms with van der Waals surface area (Å²) in [7, 11) is 1.60. The zero-order chi connectivity index (χ0) is 26.5. The third-order valence-electron chi connectivity index (χ3n) is 6.98. The first-order chi connectivity index (χ1) is 18.5. The molecule has 2 aliphatic rings. The van der Waals surface area contributed by atoms with E-state index in [1.54, 1.807) is 25.6 Å². The quantitative estimate of drug-likeness (QED) is 0.399. The average Bonchev–Trinajstić information content (AvgIpc) is 3.30. The molecule has 0 radical (unpaired) electrons. The SMILES string of the molecule is COc1ccccc1CNC(=O)C[C@@H]1C[C@@H]2c3cc(NC(=O)Cc4ccncc4)ccc3O[C@@H]2[C@H](CO)O1. The number of rotatable bonds is 9. The summed E-state index contributed by atoms with van der Waals surface area (Å²) < 4.78 is 17.6. The standard InChI is InChI=1S/C29H31N3O6/c1-36-24-5-3-2-4-19(24)16-31-27(34)15-21-14-23-22-13-20(32-28(35)12-18-8-10-30-11-9-18)6-7-25(22)38-29(23)26(17-33)37-21/h2-11,13,21,23,26,29,33H,12,14-17H2,1H3,(H,31,34)(H,32,35)/t21-,23+,26-,29-/m0/s1. The number of fused-ring (bicyclic) bond motifs is 3. The largest absolute Gasteiger partial charge is 0.496 e. The molecule has 9 heteroatoms. The van der Waals surface area contributed by atoms with Gasteiger partial charge in [-0.2, -0.15) is 0 Å². The number of aromatic nitrogens is 1. The number of carbonyl (C=O) groups excluding carboxylic acids is 2. The van der Waals surface area contributed by atoms with E-state index in [2.05, 4.69) is 15.6 Å². The van der Waals surface area contributed by atoms with Crippen LogP contribution in [0.15, 0.2) is 67.0 Å². The van der Waals surface area contributed by atoms with Crippen LogP contribution in [0.25, 0.3) is 0 Å². The second kappa shape index (κ2) is 11.6. The van der Waals surface area contributed by atoms with Crippen molar-refractivity contribution in [2.75, 3.05) is 19.0 Å². The Morgan fingerprint density at radius 1 is 1.11 bits per heavy atom. The number of nitrogens with zero attached hydrogens (tertiary/aromatic N) is 1. The van der Waals surface area contributed by atoms with Crippen LogP contribution in [0.5, 0.6) is 11.5 Å². The topological polar surface area (TPSA) is 119 Å². The Hall–Kier alpha value is -3.95. The van der Waals surface area contributed by atoms with Crippen LogP contribution in [0.1, 0.15) is 35.4 Å². The molecule has 2 aliphatic heterocycles. The molecule has 9 nitrogen and oxygen atoms in total. The molecule has 2 aromatic carbocycles. The first kappa shape index (κ1) is 25.7. The highest BCUT2D eigenvalue weighted by molar-refractivity contribution is 5.92. The molecule has 38 heavy (non-hydrogen) atoms. The van der Waals surface area contributed by atoms with E-state index < -0.39 is 6.10 Å². The number of aliphatic hydroxyl groups excluding tert-OH is 1. The molecule has 3 aromatic rings. The van der Waals surface area contributed by atoms with Crippen LogP contribution in [0.3, 0.4) is 0 Å². The Balaban J connectivity index is 1.23. The van der Waals surface area contributed by atoms with Gasteiger partial charge in [0.05, 0.1) is 32.7 Å². The molecule has 1 fully saturated rings. The number of ether oxygens (including phenoxy) is 3. The highest BCUT2D eigenvalue weighted by Crippen LogP contribution is 2.47. The van der Waals surface area contributed by atoms with Gasteiger partial charge in [-0.1, -0.05) is 18.2 Å². The zero-order valence-corrected chi connectivity index (χ0v) is 21.1. The van der Waals surface area contributed by atoms with Gasteiger partial charge < -0.3 is 30.0 Å². The molecule has 2 amide bonds. The summed E-state index contributed by atoms with van der Waals surface area (Å²) in [4.78, 5) is 29.3. The van der Waals surface area contributed by atoms with Crippen LogP contribution in [0.4, 0.5) is 5.69 Å². The number of benzene rings is 2. The lowest BCUT2D eigenvalue weighted by molar-refractivity contribution is -0.142. The van der Waals surface area contributed by atoms with Gasteiger partial charge in [-0.3, -0.25) is 14.6 Å². The zero-order valence-electron chi connectivity index (χ0n) is 21.1. The number of para-hydroxylation sites is 1. The van der Waals surface area contributed by atoms with E-state index in [-0.39, 0.29) is 49.4 Å². The molecule has 3 heterocycles. The molecular formula is C29H31N3O6. The van der Waals surface area contributed by atoms with E-state index in [4.69, 9.17) is 14.2 Å². The highest BCUT2D eigenvalue weighted by atomic mass is 16.6. The number of aliphatic hydroxyl groups is 1. The summed E-state index contributed by atoms with van der Waals surface area (Å²) in [6.07, 6.45) is 2.99. The lowest BCUT2D eigenvalue weighted by Gasteiger charge is -2.37. The number of carbonyl (C=O) groups is 2. The van der Waals surface area contributed by atoms with E-state index in [0.29, 0.717) is 30.2 Å². The summed E-state index contributed by atoms with van der Waals surface area (Å²) in [6.45, 7) is 0.129. The van der Waals surface area contributed by atoms with E-state index in [1.165, 1.54) is 0 Å². The van der Waals surface area contributed by atoms with Gasteiger partial charge in [0.15, 0.2) is 0 Å². The molecule has 3 N–H and O–H groups in total. The predicted octanol–water partition coefficient (Wildman–Crippen LogP) is 2.97. The number of anilines is 1. The number of pyridine rings is 1. The van der Waals surface area contributed by atoms with Crippen molar-refractivity contribution >= 4 is 17.5 Å². The molecule has 0 aliphatic carbocycles. The van der Waals surface area contributed by atoms with Crippen LogP contribution in [0, 0.1) is 0 Å². The maximum Gasteiger partial charge on any atom is 0.228 e. The Morgan fingerprint density at radius 3 is 2.71 bits per heavy atom. The van der Waals surface area contributed by atoms with Crippen LogP contribution < -0.4 is 20.1 Å². The van der Waals surface area contributed by atoms with Crippen molar-refractivity contribution in [2.45, 2.75) is 50.0 Å². The fraction of sp³-hybridized carbons (Fsp3) is 0.345. The molecule has 1 aromatic heterocycles. The second-order valence-electron chi connectivity index (χ2n) is 9.53. The van der Waals surface area contributed by atoms with Crippen LogP contribution in [-0.4, -0.2) is 53.9 Å². The Kier molecular flexibility index (Phi) is 7.86. The van der Waals surface area contributed by atoms with Gasteiger partial charge in [0.25, 0.3) is 0 Å². The van der Waals surface area contributed by atoms with Crippen molar-refractivity contribution in [3.05, 3.63) is 83.7 Å². The first-order valence-corrected chi connectivity index (χ1v) is 12.7. The number of amides is 2. The highest BCUT2D eigenvalue weighted by Gasteiger charge is 2.46. The number of nitrogens with one attached hydrogen (secondary N) is 2. The van der Waals surface area contributed by atoms with Gasteiger partial charge in [0.2, 0.25) is 11.8 Å². The summed E-state index contributed by atoms with van der Waals surface area (Å²) in [5, 5.41) is 15.9. The van der Waals surface area contributed by atoms with Crippen molar-refractivity contribution in [2.24, 2.45) is 0 Å². The molecular weight excluding hydrogens is 486 g/mol. The molecule has 0 saturated carbocycles. The molecule has 5 rings (SSSR count). The van der Waals surface area contributed by atoms with Gasteiger partial charge in [-0.25, -0.2) is 0 Å². The monoisotopic (exact) mass is 517 g/mol. The fourth-order valence-corrected chi connectivity index (χ4v) is 5.18. The molecule has 0 bridgehead atoms. The summed E-state index contributed by atoms with van der Waals surface area (Å²) in [5.74, 6) is 1.08. The van der Waals surface area contributed by atoms with Crippen molar-refractivity contribution in [3.63, 3.8) is 0 Å². The second-order valence-corrected chi connectivity index (χ2v) is 9.53. The Labute approximate surface area is 221 Å². The normalized spacial score (nSPS) is 21.5. The van der Waals surface area contributed by atoms with E-state index in [0.717, 1.165) is 16.7 Å². The summed E-state index contributed by atoms with van der Waals surface area (Å²) in [6, 6.07) is 16.7. The van der Waals surface area contributed by atoms with E-state index in [9.17, 15) is 14.7 Å². The predicted molar refractivity (Wildman–Crippen MR) is 140 cm³/mol. The Morgan fingerprint density at radius 2 is 1.92 bits per heavy atom. The average molecular weight is 518 g/mol. The molecule has 0 spiro atoms. The maximum absolute atomic E-state index is 12.8. The summed E-state index contributed by atoms with van der Waals surface area (Å²) >= 11 is 0. The smallest absolute Gasteiger partial charge is 0.228 e. The third kappa shape index (κ3) is 5.79. The lowest BCUT2D eigenvalue weighted by atomic mass is 9.84. The van der Waals surface area contributed by atoms with Crippen molar-refractivity contribution < 1.29 is 28.9 Å².